The first-order valence-corrected chi connectivity index (χ1v) is 13.6. The van der Waals surface area contributed by atoms with Crippen molar-refractivity contribution >= 4 is 23.9 Å². The van der Waals surface area contributed by atoms with Gasteiger partial charge in [-0.2, -0.15) is 0 Å². The summed E-state index contributed by atoms with van der Waals surface area (Å²) in [5.74, 6) is -2.54. The Hall–Kier alpha value is -2.94. The van der Waals surface area contributed by atoms with Gasteiger partial charge in [-0.25, -0.2) is 0 Å². The van der Waals surface area contributed by atoms with Crippen molar-refractivity contribution in [3.8, 4) is 11.5 Å². The van der Waals surface area contributed by atoms with E-state index in [0.29, 0.717) is 12.0 Å². The first-order chi connectivity index (χ1) is 18.0. The quantitative estimate of drug-likeness (QED) is 0.255. The summed E-state index contributed by atoms with van der Waals surface area (Å²) in [4.78, 5) is 50.5. The summed E-state index contributed by atoms with van der Waals surface area (Å²) in [7, 11) is 1.23. The minimum atomic E-state index is -1.53. The maximum atomic E-state index is 12.8. The second-order valence-electron chi connectivity index (χ2n) is 11.6. The predicted molar refractivity (Wildman–Crippen MR) is 148 cm³/mol. The van der Waals surface area contributed by atoms with Gasteiger partial charge in [0.15, 0.2) is 11.5 Å². The van der Waals surface area contributed by atoms with Crippen LogP contribution in [0.2, 0.25) is 0 Å². The van der Waals surface area contributed by atoms with Crippen molar-refractivity contribution in [2.45, 2.75) is 87.1 Å². The van der Waals surface area contributed by atoms with Crippen LogP contribution in [0.4, 0.5) is 0 Å². The first kappa shape index (κ1) is 34.1. The molecular weight excluding hydrogens is 502 g/mol. The van der Waals surface area contributed by atoms with E-state index in [0.717, 1.165) is 0 Å². The van der Waals surface area contributed by atoms with E-state index in [9.17, 15) is 19.2 Å². The zero-order valence-electron chi connectivity index (χ0n) is 25.2. The van der Waals surface area contributed by atoms with Gasteiger partial charge in [-0.1, -0.05) is 54.5 Å². The number of hydrogen-bond acceptors (Lipinski definition) is 9. The van der Waals surface area contributed by atoms with E-state index in [1.54, 1.807) is 33.8 Å². The number of rotatable bonds is 14. The maximum absolute atomic E-state index is 12.8. The zero-order chi connectivity index (χ0) is 30.1. The third-order valence-electron chi connectivity index (χ3n) is 7.50. The van der Waals surface area contributed by atoms with Crippen LogP contribution in [-0.2, 0) is 35.1 Å². The average Bonchev–Trinajstić information content (AvgIpc) is 2.88. The lowest BCUT2D eigenvalue weighted by molar-refractivity contribution is -0.157. The predicted octanol–water partition coefficient (Wildman–Crippen LogP) is 4.86. The van der Waals surface area contributed by atoms with Crippen LogP contribution in [-0.4, -0.2) is 43.1 Å². The molecular formula is C30H47NO8. The summed E-state index contributed by atoms with van der Waals surface area (Å²) in [6.45, 7) is 16.5. The summed E-state index contributed by atoms with van der Waals surface area (Å²) >= 11 is 0. The van der Waals surface area contributed by atoms with Gasteiger partial charge in [-0.05, 0) is 49.8 Å². The molecule has 1 aromatic rings. The molecule has 0 aliphatic heterocycles. The fourth-order valence-corrected chi connectivity index (χ4v) is 3.27. The highest BCUT2D eigenvalue weighted by Gasteiger charge is 2.37. The van der Waals surface area contributed by atoms with Gasteiger partial charge in [-0.3, -0.25) is 19.2 Å². The number of benzene rings is 1. The number of esters is 4. The smallest absolute Gasteiger partial charge is 0.326 e. The third kappa shape index (κ3) is 9.64. The van der Waals surface area contributed by atoms with Crippen LogP contribution >= 0.6 is 0 Å². The highest BCUT2D eigenvalue weighted by Crippen LogP contribution is 2.33. The van der Waals surface area contributed by atoms with Crippen LogP contribution < -0.4 is 15.2 Å². The van der Waals surface area contributed by atoms with Crippen LogP contribution in [0, 0.1) is 29.1 Å². The Morgan fingerprint density at radius 3 is 1.82 bits per heavy atom. The van der Waals surface area contributed by atoms with Crippen molar-refractivity contribution in [2.75, 3.05) is 13.7 Å². The van der Waals surface area contributed by atoms with E-state index < -0.39 is 34.8 Å². The Morgan fingerprint density at radius 1 is 0.846 bits per heavy atom. The molecule has 0 saturated heterocycles. The molecule has 2 N–H and O–H groups in total. The van der Waals surface area contributed by atoms with E-state index in [1.807, 2.05) is 34.6 Å². The fourth-order valence-electron chi connectivity index (χ4n) is 3.27. The molecule has 2 unspecified atom stereocenters. The van der Waals surface area contributed by atoms with Gasteiger partial charge in [-0.15, -0.1) is 0 Å². The maximum Gasteiger partial charge on any atom is 0.326 e. The molecule has 3 atom stereocenters. The Morgan fingerprint density at radius 2 is 1.36 bits per heavy atom. The van der Waals surface area contributed by atoms with Gasteiger partial charge in [0.2, 0.25) is 0 Å². The first-order valence-electron chi connectivity index (χ1n) is 13.6. The van der Waals surface area contributed by atoms with Crippen molar-refractivity contribution in [2.24, 2.45) is 34.8 Å². The molecule has 0 spiro atoms. The van der Waals surface area contributed by atoms with E-state index >= 15 is 0 Å². The number of carbonyl (C=O) groups excluding carboxylic acids is 4. The molecule has 0 heterocycles. The Bertz CT molecular complexity index is 1020. The van der Waals surface area contributed by atoms with Gasteiger partial charge in [0.1, 0.15) is 5.54 Å². The Kier molecular flexibility index (Phi) is 12.6. The summed E-state index contributed by atoms with van der Waals surface area (Å²) in [6, 6.07) is 4.69. The topological polar surface area (TPSA) is 131 Å². The lowest BCUT2D eigenvalue weighted by Gasteiger charge is -2.28. The van der Waals surface area contributed by atoms with Gasteiger partial charge >= 0.3 is 23.9 Å². The van der Waals surface area contributed by atoms with Crippen LogP contribution in [0.25, 0.3) is 0 Å². The molecule has 0 amide bonds. The highest BCUT2D eigenvalue weighted by molar-refractivity contribution is 5.82. The minimum Gasteiger partial charge on any atom is -0.468 e. The van der Waals surface area contributed by atoms with Gasteiger partial charge in [0.05, 0.1) is 31.0 Å². The number of hydrogen-bond donors (Lipinski definition) is 1. The van der Waals surface area contributed by atoms with Crippen molar-refractivity contribution in [1.82, 2.24) is 0 Å². The molecule has 0 aliphatic carbocycles. The normalized spacial score (nSPS) is 14.8. The Labute approximate surface area is 233 Å². The van der Waals surface area contributed by atoms with Crippen molar-refractivity contribution < 1.29 is 38.1 Å². The molecule has 39 heavy (non-hydrogen) atoms. The molecule has 0 bridgehead atoms. The summed E-state index contributed by atoms with van der Waals surface area (Å²) in [5.41, 5.74) is 4.84. The van der Waals surface area contributed by atoms with Crippen molar-refractivity contribution in [3.63, 3.8) is 0 Å². The summed E-state index contributed by atoms with van der Waals surface area (Å²) in [5, 5.41) is 0. The number of ether oxygens (including phenoxy) is 4. The standard InChI is InChI=1S/C30H47NO8/c1-11-29(8,9)27(34)37-15-14-30(31,28(35)36-10)17-22-12-13-23(38-25(32)20(6)18(2)3)24(16-22)39-26(33)21(7)19(4)5/h12-13,16,18-21H,11,14-15,17,31H2,1-10H3/t20?,21?,30-/m1/s1. The molecule has 220 valence electrons. The largest absolute Gasteiger partial charge is 0.468 e. The zero-order valence-corrected chi connectivity index (χ0v) is 25.2. The SMILES string of the molecule is CCC(C)(C)C(=O)OCC[C@@](N)(Cc1ccc(OC(=O)C(C)C(C)C)c(OC(=O)C(C)C(C)C)c1)C(=O)OC. The third-order valence-corrected chi connectivity index (χ3v) is 7.50. The lowest BCUT2D eigenvalue weighted by atomic mass is 9.88. The van der Waals surface area contributed by atoms with Crippen LogP contribution in [0.5, 0.6) is 11.5 Å². The molecule has 0 aromatic heterocycles. The lowest BCUT2D eigenvalue weighted by Crippen LogP contribution is -2.51. The second-order valence-corrected chi connectivity index (χ2v) is 11.6. The Balaban J connectivity index is 3.30. The van der Waals surface area contributed by atoms with Crippen molar-refractivity contribution in [1.29, 1.82) is 0 Å². The molecule has 0 radical (unpaired) electrons. The van der Waals surface area contributed by atoms with E-state index in [2.05, 4.69) is 0 Å². The molecule has 1 rings (SSSR count). The van der Waals surface area contributed by atoms with Crippen LogP contribution in [0.1, 0.15) is 80.7 Å². The molecule has 0 saturated carbocycles. The molecule has 0 fully saturated rings. The molecule has 9 heteroatoms. The van der Waals surface area contributed by atoms with Crippen molar-refractivity contribution in [3.05, 3.63) is 23.8 Å². The average molecular weight is 550 g/mol. The van der Waals surface area contributed by atoms with Crippen LogP contribution in [0.3, 0.4) is 0 Å². The summed E-state index contributed by atoms with van der Waals surface area (Å²) in [6.07, 6.45) is 0.600. The van der Waals surface area contributed by atoms with E-state index in [-0.39, 0.29) is 54.7 Å². The van der Waals surface area contributed by atoms with Gasteiger partial charge in [0, 0.05) is 12.8 Å². The number of carbonyl (C=O) groups is 4. The van der Waals surface area contributed by atoms with Gasteiger partial charge in [0.25, 0.3) is 0 Å². The molecule has 0 aliphatic rings. The number of methoxy groups -OCH3 is 1. The van der Waals surface area contributed by atoms with E-state index in [1.165, 1.54) is 19.2 Å². The van der Waals surface area contributed by atoms with E-state index in [4.69, 9.17) is 24.7 Å². The second kappa shape index (κ2) is 14.4. The molecule has 9 nitrogen and oxygen atoms in total. The highest BCUT2D eigenvalue weighted by atomic mass is 16.6. The van der Waals surface area contributed by atoms with Crippen LogP contribution in [0.15, 0.2) is 18.2 Å². The summed E-state index contributed by atoms with van der Waals surface area (Å²) < 4.78 is 21.6. The number of nitrogens with two attached hydrogens (primary N) is 1. The minimum absolute atomic E-state index is 0.00466. The monoisotopic (exact) mass is 549 g/mol. The van der Waals surface area contributed by atoms with Gasteiger partial charge < -0.3 is 24.7 Å². The molecule has 1 aromatic carbocycles. The fraction of sp³-hybridized carbons (Fsp3) is 0.667.